The van der Waals surface area contributed by atoms with Crippen LogP contribution in [0.25, 0.3) is 22.0 Å². The first-order chi connectivity index (χ1) is 24.6. The SMILES string of the molecule is CC/C(=C(/c1ccc(OCCN(C/C=C/C(=O)N(C)C)C(=O)OC(C)(C)C)cc1)c1ccc2c(ccn2COCC[Si](C)(C)C)c1)c1ccccc1. The highest BCUT2D eigenvalue weighted by Gasteiger charge is 2.22. The maximum atomic E-state index is 13.0. The first kappa shape index (κ1) is 40.2. The van der Waals surface area contributed by atoms with Crippen LogP contribution < -0.4 is 4.74 Å². The van der Waals surface area contributed by atoms with Crippen molar-refractivity contribution in [3.8, 4) is 5.75 Å². The van der Waals surface area contributed by atoms with E-state index in [9.17, 15) is 9.59 Å². The van der Waals surface area contributed by atoms with Crippen molar-refractivity contribution in [3.05, 3.63) is 114 Å². The second-order valence-corrected chi connectivity index (χ2v) is 21.0. The Labute approximate surface area is 311 Å². The van der Waals surface area contributed by atoms with Gasteiger partial charge in [0.15, 0.2) is 0 Å². The third kappa shape index (κ3) is 12.0. The third-order valence-corrected chi connectivity index (χ3v) is 10.2. The Morgan fingerprint density at radius 3 is 2.19 bits per heavy atom. The highest BCUT2D eigenvalue weighted by atomic mass is 28.3. The largest absolute Gasteiger partial charge is 0.492 e. The van der Waals surface area contributed by atoms with E-state index < -0.39 is 19.8 Å². The number of likely N-dealkylation sites (N-methyl/N-ethyl adjacent to an activating group) is 1. The molecule has 1 aromatic heterocycles. The van der Waals surface area contributed by atoms with Crippen LogP contribution in [0.5, 0.6) is 5.75 Å². The van der Waals surface area contributed by atoms with Crippen molar-refractivity contribution in [1.82, 2.24) is 14.4 Å². The van der Waals surface area contributed by atoms with Crippen LogP contribution in [0.15, 0.2) is 97.2 Å². The minimum absolute atomic E-state index is 0.150. The second kappa shape index (κ2) is 18.2. The van der Waals surface area contributed by atoms with Crippen molar-refractivity contribution >= 4 is 42.1 Å². The van der Waals surface area contributed by atoms with Gasteiger partial charge in [-0.05, 0) is 91.4 Å². The van der Waals surface area contributed by atoms with E-state index in [2.05, 4.69) is 98.0 Å². The molecule has 2 amide bonds. The number of nitrogens with zero attached hydrogens (tertiary/aromatic N) is 3. The highest BCUT2D eigenvalue weighted by molar-refractivity contribution is 6.76. The van der Waals surface area contributed by atoms with E-state index in [-0.39, 0.29) is 19.1 Å². The Bertz CT molecular complexity index is 1830. The summed E-state index contributed by atoms with van der Waals surface area (Å²) in [4.78, 5) is 28.0. The molecule has 1 heterocycles. The number of benzene rings is 3. The molecule has 9 heteroatoms. The number of fused-ring (bicyclic) bond motifs is 1. The first-order valence-corrected chi connectivity index (χ1v) is 21.9. The number of hydrogen-bond donors (Lipinski definition) is 0. The summed E-state index contributed by atoms with van der Waals surface area (Å²) >= 11 is 0. The standard InChI is InChI=1S/C43H57N3O5Si/c1-10-38(33-15-12-11-13-16-33)41(36-20-23-39-35(31-36)24-26-46(39)32-49-29-30-52(7,8)9)34-18-21-37(22-19-34)50-28-27-45(42(48)51-43(2,3)4)25-14-17-40(47)44(5)6/h11-24,26,31H,10,25,27-30,32H2,1-9H3/b17-14+,41-38+. The van der Waals surface area contributed by atoms with Crippen LogP contribution in [0.2, 0.25) is 25.7 Å². The monoisotopic (exact) mass is 723 g/mol. The summed E-state index contributed by atoms with van der Waals surface area (Å²) < 4.78 is 20.0. The summed E-state index contributed by atoms with van der Waals surface area (Å²) in [5, 5.41) is 1.17. The van der Waals surface area contributed by atoms with Gasteiger partial charge in [0.05, 0.1) is 12.1 Å². The number of hydrogen-bond acceptors (Lipinski definition) is 5. The average molecular weight is 724 g/mol. The van der Waals surface area contributed by atoms with Gasteiger partial charge in [-0.2, -0.15) is 0 Å². The molecule has 0 saturated heterocycles. The number of ether oxygens (including phenoxy) is 3. The summed E-state index contributed by atoms with van der Waals surface area (Å²) in [5.41, 5.74) is 6.37. The fourth-order valence-corrected chi connectivity index (χ4v) is 6.45. The van der Waals surface area contributed by atoms with Gasteiger partial charge in [0.25, 0.3) is 0 Å². The molecule has 3 aromatic carbocycles. The molecule has 0 aliphatic carbocycles. The minimum Gasteiger partial charge on any atom is -0.492 e. The molecule has 0 fully saturated rings. The van der Waals surface area contributed by atoms with Crippen molar-refractivity contribution in [1.29, 1.82) is 0 Å². The summed E-state index contributed by atoms with van der Waals surface area (Å²) in [6.07, 6.45) is 5.64. The molecule has 4 aromatic rings. The zero-order valence-corrected chi connectivity index (χ0v) is 33.6. The molecular weight excluding hydrogens is 667 g/mol. The molecule has 0 aliphatic rings. The van der Waals surface area contributed by atoms with Crippen LogP contribution in [0.3, 0.4) is 0 Å². The van der Waals surface area contributed by atoms with Crippen LogP contribution in [0, 0.1) is 0 Å². The molecule has 0 bridgehead atoms. The molecule has 0 unspecified atom stereocenters. The zero-order valence-electron chi connectivity index (χ0n) is 32.6. The molecule has 52 heavy (non-hydrogen) atoms. The van der Waals surface area contributed by atoms with Gasteiger partial charge in [-0.1, -0.05) is 81.2 Å². The van der Waals surface area contributed by atoms with Gasteiger partial charge in [0, 0.05) is 53.0 Å². The van der Waals surface area contributed by atoms with Crippen molar-refractivity contribution in [2.45, 2.75) is 72.1 Å². The van der Waals surface area contributed by atoms with E-state index >= 15 is 0 Å². The fraction of sp³-hybridized carbons (Fsp3) is 0.395. The van der Waals surface area contributed by atoms with Gasteiger partial charge in [-0.3, -0.25) is 4.79 Å². The molecular formula is C43H57N3O5Si. The van der Waals surface area contributed by atoms with E-state index in [1.54, 1.807) is 20.2 Å². The fourth-order valence-electron chi connectivity index (χ4n) is 5.69. The molecule has 0 radical (unpaired) electrons. The molecule has 0 N–H and O–H groups in total. The number of allylic oxidation sites excluding steroid dienone is 1. The number of aromatic nitrogens is 1. The zero-order chi connectivity index (χ0) is 37.9. The van der Waals surface area contributed by atoms with Gasteiger partial charge < -0.3 is 28.6 Å². The third-order valence-electron chi connectivity index (χ3n) is 8.52. The summed E-state index contributed by atoms with van der Waals surface area (Å²) in [5.74, 6) is 0.550. The van der Waals surface area contributed by atoms with Crippen LogP contribution in [0.4, 0.5) is 4.79 Å². The second-order valence-electron chi connectivity index (χ2n) is 15.4. The number of amides is 2. The lowest BCUT2D eigenvalue weighted by atomic mass is 9.88. The Hall–Kier alpha value is -4.60. The van der Waals surface area contributed by atoms with Crippen molar-refractivity contribution in [2.75, 3.05) is 40.4 Å². The van der Waals surface area contributed by atoms with Gasteiger partial charge in [0.2, 0.25) is 5.91 Å². The van der Waals surface area contributed by atoms with Crippen molar-refractivity contribution in [2.24, 2.45) is 0 Å². The topological polar surface area (TPSA) is 73.2 Å². The van der Waals surface area contributed by atoms with Gasteiger partial charge in [0.1, 0.15) is 24.7 Å². The summed E-state index contributed by atoms with van der Waals surface area (Å²) in [6.45, 7) is 16.9. The number of carbonyl (C=O) groups excluding carboxylic acids is 2. The normalized spacial score (nSPS) is 12.6. The maximum absolute atomic E-state index is 13.0. The van der Waals surface area contributed by atoms with E-state index in [1.807, 2.05) is 39.0 Å². The maximum Gasteiger partial charge on any atom is 0.410 e. The molecule has 0 aliphatic heterocycles. The molecule has 4 rings (SSSR count). The van der Waals surface area contributed by atoms with E-state index in [1.165, 1.54) is 38.0 Å². The van der Waals surface area contributed by atoms with Gasteiger partial charge in [-0.15, -0.1) is 0 Å². The smallest absolute Gasteiger partial charge is 0.410 e. The van der Waals surface area contributed by atoms with E-state index in [0.29, 0.717) is 19.0 Å². The van der Waals surface area contributed by atoms with Crippen LogP contribution >= 0.6 is 0 Å². The summed E-state index contributed by atoms with van der Waals surface area (Å²) in [6, 6.07) is 28.7. The Balaban J connectivity index is 1.56. The average Bonchev–Trinajstić information content (AvgIpc) is 3.49. The first-order valence-electron chi connectivity index (χ1n) is 18.2. The van der Waals surface area contributed by atoms with Crippen molar-refractivity contribution < 1.29 is 23.8 Å². The molecule has 0 atom stereocenters. The predicted molar refractivity (Wildman–Crippen MR) is 216 cm³/mol. The molecule has 8 nitrogen and oxygen atoms in total. The molecule has 278 valence electrons. The minimum atomic E-state index is -1.14. The molecule has 0 saturated carbocycles. The quantitative estimate of drug-likeness (QED) is 0.0499. The summed E-state index contributed by atoms with van der Waals surface area (Å²) in [7, 11) is 2.23. The molecule has 0 spiro atoms. The predicted octanol–water partition coefficient (Wildman–Crippen LogP) is 9.58. The van der Waals surface area contributed by atoms with Crippen LogP contribution in [0.1, 0.15) is 50.8 Å². The van der Waals surface area contributed by atoms with Crippen LogP contribution in [-0.2, 0) is 21.0 Å². The number of rotatable bonds is 16. The lowest BCUT2D eigenvalue weighted by Crippen LogP contribution is -2.39. The van der Waals surface area contributed by atoms with Gasteiger partial charge in [-0.25, -0.2) is 4.79 Å². The van der Waals surface area contributed by atoms with Crippen molar-refractivity contribution in [3.63, 3.8) is 0 Å². The lowest BCUT2D eigenvalue weighted by Gasteiger charge is -2.26. The Morgan fingerprint density at radius 1 is 0.865 bits per heavy atom. The highest BCUT2D eigenvalue weighted by Crippen LogP contribution is 2.36. The van der Waals surface area contributed by atoms with Crippen LogP contribution in [-0.4, -0.2) is 80.4 Å². The van der Waals surface area contributed by atoms with E-state index in [4.69, 9.17) is 14.2 Å². The van der Waals surface area contributed by atoms with E-state index in [0.717, 1.165) is 35.7 Å². The van der Waals surface area contributed by atoms with Gasteiger partial charge >= 0.3 is 6.09 Å². The Morgan fingerprint density at radius 2 is 1.56 bits per heavy atom. The Kier molecular flexibility index (Phi) is 14.1. The number of carbonyl (C=O) groups is 2. The lowest BCUT2D eigenvalue weighted by molar-refractivity contribution is -0.123.